The zero-order valence-electron chi connectivity index (χ0n) is 11.9. The lowest BCUT2D eigenvalue weighted by Crippen LogP contribution is -2.52. The van der Waals surface area contributed by atoms with Gasteiger partial charge in [-0.1, -0.05) is 40.9 Å². The Kier molecular flexibility index (Phi) is 5.21. The third kappa shape index (κ3) is 3.61. The van der Waals surface area contributed by atoms with Crippen LogP contribution < -0.4 is 5.32 Å². The van der Waals surface area contributed by atoms with Crippen molar-refractivity contribution >= 4 is 21.8 Å². The first-order valence-corrected chi connectivity index (χ1v) is 8.04. The Hall–Kier alpha value is -0.880. The molecule has 0 radical (unpaired) electrons. The van der Waals surface area contributed by atoms with Crippen LogP contribution in [0.3, 0.4) is 0 Å². The summed E-state index contributed by atoms with van der Waals surface area (Å²) < 4.78 is 10.0. The van der Waals surface area contributed by atoms with E-state index in [0.29, 0.717) is 24.0 Å². The van der Waals surface area contributed by atoms with Gasteiger partial charge in [0, 0.05) is 18.5 Å². The number of carbonyl (C=O) groups excluding carboxylic acids is 1. The zero-order chi connectivity index (χ0) is 14.6. The first-order valence-electron chi connectivity index (χ1n) is 6.91. The smallest absolute Gasteiger partial charge is 0.273 e. The second-order valence-electron chi connectivity index (χ2n) is 5.68. The maximum atomic E-state index is 12.3. The molecule has 0 saturated heterocycles. The molecule has 1 N–H and O–H groups in total. The molecule has 1 aromatic heterocycles. The number of ether oxygens (including phenoxy) is 1. The molecule has 0 aromatic carbocycles. The number of methoxy groups -OCH3 is 1. The van der Waals surface area contributed by atoms with E-state index in [1.54, 1.807) is 13.2 Å². The third-order valence-corrected chi connectivity index (χ3v) is 4.88. The van der Waals surface area contributed by atoms with Crippen molar-refractivity contribution in [3.8, 4) is 0 Å². The van der Waals surface area contributed by atoms with Crippen LogP contribution in [0.25, 0.3) is 0 Å². The first-order chi connectivity index (χ1) is 9.58. The quantitative estimate of drug-likeness (QED) is 0.834. The average Bonchev–Trinajstić information content (AvgIpc) is 2.88. The van der Waals surface area contributed by atoms with E-state index in [1.807, 2.05) is 0 Å². The molecule has 1 saturated carbocycles. The maximum Gasteiger partial charge on any atom is 0.273 e. The zero-order valence-corrected chi connectivity index (χ0v) is 13.5. The van der Waals surface area contributed by atoms with Crippen LogP contribution in [0.2, 0.25) is 0 Å². The SMILES string of the molecule is COCc1cc(C(=O)NC2(CBr)CCCC(C)C2)no1. The van der Waals surface area contributed by atoms with Crippen molar-refractivity contribution in [3.63, 3.8) is 0 Å². The van der Waals surface area contributed by atoms with Crippen LogP contribution >= 0.6 is 15.9 Å². The minimum absolute atomic E-state index is 0.172. The summed E-state index contributed by atoms with van der Waals surface area (Å²) in [7, 11) is 1.57. The molecule has 6 heteroatoms. The van der Waals surface area contributed by atoms with E-state index in [-0.39, 0.29) is 11.4 Å². The highest BCUT2D eigenvalue weighted by atomic mass is 79.9. The number of halogens is 1. The van der Waals surface area contributed by atoms with Gasteiger partial charge in [0.1, 0.15) is 6.61 Å². The van der Waals surface area contributed by atoms with Gasteiger partial charge in [0.05, 0.1) is 5.54 Å². The van der Waals surface area contributed by atoms with Crippen LogP contribution in [-0.2, 0) is 11.3 Å². The monoisotopic (exact) mass is 344 g/mol. The van der Waals surface area contributed by atoms with Gasteiger partial charge in [-0.15, -0.1) is 0 Å². The largest absolute Gasteiger partial charge is 0.377 e. The van der Waals surface area contributed by atoms with E-state index < -0.39 is 0 Å². The second-order valence-corrected chi connectivity index (χ2v) is 6.24. The number of nitrogens with zero attached hydrogens (tertiary/aromatic N) is 1. The number of aromatic nitrogens is 1. The van der Waals surface area contributed by atoms with E-state index in [0.717, 1.165) is 24.6 Å². The Morgan fingerprint density at radius 3 is 3.15 bits per heavy atom. The highest BCUT2D eigenvalue weighted by molar-refractivity contribution is 9.09. The standard InChI is InChI=1S/C14H21BrN2O3/c1-10-4-3-5-14(7-10,9-15)16-13(18)12-6-11(8-19-2)20-17-12/h6,10H,3-5,7-9H2,1-2H3,(H,16,18). The molecule has 1 heterocycles. The summed E-state index contributed by atoms with van der Waals surface area (Å²) in [6.45, 7) is 2.55. The van der Waals surface area contributed by atoms with Crippen LogP contribution in [0, 0.1) is 5.92 Å². The fraction of sp³-hybridized carbons (Fsp3) is 0.714. The number of carbonyl (C=O) groups is 1. The molecule has 2 unspecified atom stereocenters. The van der Waals surface area contributed by atoms with Crippen molar-refractivity contribution in [2.24, 2.45) is 5.92 Å². The second kappa shape index (κ2) is 6.72. The lowest BCUT2D eigenvalue weighted by molar-refractivity contribution is 0.0859. The van der Waals surface area contributed by atoms with Gasteiger partial charge in [-0.2, -0.15) is 0 Å². The van der Waals surface area contributed by atoms with Crippen molar-refractivity contribution in [3.05, 3.63) is 17.5 Å². The topological polar surface area (TPSA) is 64.4 Å². The fourth-order valence-electron chi connectivity index (χ4n) is 2.86. The summed E-state index contributed by atoms with van der Waals surface area (Å²) >= 11 is 3.55. The van der Waals surface area contributed by atoms with Gasteiger partial charge in [0.25, 0.3) is 5.91 Å². The third-order valence-electron chi connectivity index (χ3n) is 3.80. The van der Waals surface area contributed by atoms with Gasteiger partial charge in [0.2, 0.25) is 0 Å². The minimum atomic E-state index is -0.176. The molecule has 2 atom stereocenters. The molecule has 112 valence electrons. The summed E-state index contributed by atoms with van der Waals surface area (Å²) in [6.07, 6.45) is 4.36. The summed E-state index contributed by atoms with van der Waals surface area (Å²) in [5.41, 5.74) is 0.144. The van der Waals surface area contributed by atoms with Gasteiger partial charge >= 0.3 is 0 Å². The molecule has 1 fully saturated rings. The molecule has 2 rings (SSSR count). The minimum Gasteiger partial charge on any atom is -0.377 e. The van der Waals surface area contributed by atoms with Crippen molar-refractivity contribution in [2.75, 3.05) is 12.4 Å². The summed E-state index contributed by atoms with van der Waals surface area (Å²) in [5, 5.41) is 7.70. The van der Waals surface area contributed by atoms with Gasteiger partial charge < -0.3 is 14.6 Å². The molecular formula is C14H21BrN2O3. The molecule has 0 spiro atoms. The Balaban J connectivity index is 2.04. The lowest BCUT2D eigenvalue weighted by atomic mass is 9.77. The molecule has 0 bridgehead atoms. The Morgan fingerprint density at radius 1 is 1.70 bits per heavy atom. The highest BCUT2D eigenvalue weighted by Crippen LogP contribution is 2.33. The predicted octanol–water partition coefficient (Wildman–Crippen LogP) is 2.89. The highest BCUT2D eigenvalue weighted by Gasteiger charge is 2.36. The van der Waals surface area contributed by atoms with Crippen LogP contribution in [0.1, 0.15) is 48.9 Å². The molecule has 1 aliphatic carbocycles. The first kappa shape index (κ1) is 15.5. The average molecular weight is 345 g/mol. The fourth-order valence-corrected chi connectivity index (χ4v) is 3.51. The van der Waals surface area contributed by atoms with E-state index in [4.69, 9.17) is 9.26 Å². The van der Waals surface area contributed by atoms with Crippen molar-refractivity contribution in [2.45, 2.75) is 44.8 Å². The van der Waals surface area contributed by atoms with Crippen LogP contribution in [0.15, 0.2) is 10.6 Å². The van der Waals surface area contributed by atoms with Gasteiger partial charge in [0.15, 0.2) is 11.5 Å². The van der Waals surface area contributed by atoms with Crippen molar-refractivity contribution in [1.82, 2.24) is 10.5 Å². The van der Waals surface area contributed by atoms with Crippen molar-refractivity contribution < 1.29 is 14.1 Å². The maximum absolute atomic E-state index is 12.3. The molecule has 0 aliphatic heterocycles. The van der Waals surface area contributed by atoms with Gasteiger partial charge in [-0.05, 0) is 18.8 Å². The summed E-state index contributed by atoms with van der Waals surface area (Å²) in [6, 6.07) is 1.63. The number of alkyl halides is 1. The summed E-state index contributed by atoms with van der Waals surface area (Å²) in [5.74, 6) is 1.01. The van der Waals surface area contributed by atoms with E-state index >= 15 is 0 Å². The number of amides is 1. The molecule has 1 amide bonds. The molecular weight excluding hydrogens is 324 g/mol. The molecule has 1 aliphatic rings. The Morgan fingerprint density at radius 2 is 2.50 bits per heavy atom. The summed E-state index contributed by atoms with van der Waals surface area (Å²) in [4.78, 5) is 12.3. The van der Waals surface area contributed by atoms with E-state index in [9.17, 15) is 4.79 Å². The van der Waals surface area contributed by atoms with E-state index in [1.165, 1.54) is 6.42 Å². The van der Waals surface area contributed by atoms with Gasteiger partial charge in [-0.25, -0.2) is 0 Å². The molecule has 5 nitrogen and oxygen atoms in total. The van der Waals surface area contributed by atoms with E-state index in [2.05, 4.69) is 33.3 Å². The Labute approximate surface area is 127 Å². The van der Waals surface area contributed by atoms with Crippen LogP contribution in [-0.4, -0.2) is 29.0 Å². The number of hydrogen-bond acceptors (Lipinski definition) is 4. The number of rotatable bonds is 5. The normalized spacial score (nSPS) is 26.4. The van der Waals surface area contributed by atoms with Crippen LogP contribution in [0.5, 0.6) is 0 Å². The Bertz CT molecular complexity index is 463. The molecule has 1 aromatic rings. The van der Waals surface area contributed by atoms with Crippen LogP contribution in [0.4, 0.5) is 0 Å². The predicted molar refractivity (Wildman–Crippen MR) is 78.8 cm³/mol. The number of nitrogens with one attached hydrogen (secondary N) is 1. The number of hydrogen-bond donors (Lipinski definition) is 1. The van der Waals surface area contributed by atoms with Gasteiger partial charge in [-0.3, -0.25) is 4.79 Å². The van der Waals surface area contributed by atoms with Crippen molar-refractivity contribution in [1.29, 1.82) is 0 Å². The lowest BCUT2D eigenvalue weighted by Gasteiger charge is -2.39. The molecule has 20 heavy (non-hydrogen) atoms.